The third kappa shape index (κ3) is 5.16. The average Bonchev–Trinajstić information content (AvgIpc) is 3.41. The van der Waals surface area contributed by atoms with Crippen LogP contribution in [0.15, 0.2) is 59.6 Å². The number of nitrogens with one attached hydrogen (secondary N) is 1. The molecule has 10 heteroatoms. The molecule has 0 spiro atoms. The molecule has 3 heterocycles. The molecule has 1 N–H and O–H groups in total. The number of rotatable bonds is 7. The van der Waals surface area contributed by atoms with Gasteiger partial charge in [0.15, 0.2) is 0 Å². The van der Waals surface area contributed by atoms with Crippen molar-refractivity contribution < 1.29 is 22.7 Å². The Bertz CT molecular complexity index is 1340. The molecule has 1 aromatic heterocycles. The Morgan fingerprint density at radius 2 is 1.94 bits per heavy atom. The van der Waals surface area contributed by atoms with Gasteiger partial charge in [-0.05, 0) is 43.2 Å². The largest absolute Gasteiger partial charge is 0.495 e. The molecule has 3 aromatic rings. The molecule has 36 heavy (non-hydrogen) atoms. The summed E-state index contributed by atoms with van der Waals surface area (Å²) in [7, 11) is -2.50. The summed E-state index contributed by atoms with van der Waals surface area (Å²) in [6.45, 7) is 4.64. The molecule has 5 rings (SSSR count). The quantitative estimate of drug-likeness (QED) is 0.522. The number of benzene rings is 2. The minimum atomic E-state index is -3.95. The van der Waals surface area contributed by atoms with Gasteiger partial charge in [0.05, 0.1) is 24.4 Å². The van der Waals surface area contributed by atoms with Crippen molar-refractivity contribution in [2.24, 2.45) is 0 Å². The number of ether oxygens (including phenoxy) is 2. The van der Waals surface area contributed by atoms with Gasteiger partial charge in [0.1, 0.15) is 10.6 Å². The molecule has 1 atom stereocenters. The van der Waals surface area contributed by atoms with Crippen LogP contribution in [0.2, 0.25) is 0 Å². The summed E-state index contributed by atoms with van der Waals surface area (Å²) in [5.41, 5.74) is 1.09. The zero-order valence-corrected chi connectivity index (χ0v) is 21.0. The number of methoxy groups -OCH3 is 1. The second kappa shape index (κ2) is 10.4. The van der Waals surface area contributed by atoms with Gasteiger partial charge < -0.3 is 14.4 Å². The van der Waals surface area contributed by atoms with E-state index in [2.05, 4.69) is 14.6 Å². The summed E-state index contributed by atoms with van der Waals surface area (Å²) in [4.78, 5) is 21.7. The van der Waals surface area contributed by atoms with Crippen LogP contribution in [0.4, 0.5) is 5.69 Å². The van der Waals surface area contributed by atoms with E-state index in [0.717, 1.165) is 44.5 Å². The summed E-state index contributed by atoms with van der Waals surface area (Å²) in [5, 5.41) is 0.726. The fraction of sp³-hybridized carbons (Fsp3) is 0.385. The number of carbonyl (C=O) groups excluding carboxylic acids is 1. The van der Waals surface area contributed by atoms with Gasteiger partial charge in [-0.15, -0.1) is 0 Å². The molecule has 2 aliphatic heterocycles. The number of para-hydroxylation sites is 1. The van der Waals surface area contributed by atoms with Gasteiger partial charge >= 0.3 is 0 Å². The van der Waals surface area contributed by atoms with Gasteiger partial charge in [0.25, 0.3) is 15.9 Å². The summed E-state index contributed by atoms with van der Waals surface area (Å²) >= 11 is 0. The minimum Gasteiger partial charge on any atom is -0.495 e. The van der Waals surface area contributed by atoms with Crippen molar-refractivity contribution in [3.05, 3.63) is 60.3 Å². The van der Waals surface area contributed by atoms with Gasteiger partial charge in [-0.2, -0.15) is 0 Å². The normalized spacial score (nSPS) is 18.9. The second-order valence-corrected chi connectivity index (χ2v) is 10.7. The summed E-state index contributed by atoms with van der Waals surface area (Å²) < 4.78 is 40.2. The third-order valence-electron chi connectivity index (χ3n) is 6.72. The predicted octanol–water partition coefficient (Wildman–Crippen LogP) is 2.98. The van der Waals surface area contributed by atoms with E-state index >= 15 is 0 Å². The van der Waals surface area contributed by atoms with Crippen LogP contribution in [0.3, 0.4) is 0 Å². The first-order valence-electron chi connectivity index (χ1n) is 12.1. The van der Waals surface area contributed by atoms with Crippen molar-refractivity contribution in [1.29, 1.82) is 0 Å². The molecule has 1 unspecified atom stereocenters. The maximum atomic E-state index is 13.2. The first-order chi connectivity index (χ1) is 17.4. The molecule has 1 amide bonds. The molecule has 9 nitrogen and oxygen atoms in total. The van der Waals surface area contributed by atoms with E-state index in [-0.39, 0.29) is 22.2 Å². The lowest BCUT2D eigenvalue weighted by Crippen LogP contribution is -2.50. The van der Waals surface area contributed by atoms with Crippen LogP contribution < -0.4 is 9.46 Å². The highest BCUT2D eigenvalue weighted by molar-refractivity contribution is 7.93. The van der Waals surface area contributed by atoms with Crippen LogP contribution in [0.5, 0.6) is 5.75 Å². The summed E-state index contributed by atoms with van der Waals surface area (Å²) in [6, 6.07) is 13.3. The third-order valence-corrected chi connectivity index (χ3v) is 8.12. The zero-order chi connectivity index (χ0) is 25.1. The number of hydrogen-bond donors (Lipinski definition) is 1. The van der Waals surface area contributed by atoms with E-state index in [4.69, 9.17) is 9.47 Å². The molecule has 2 aliphatic rings. The number of sulfonamides is 1. The van der Waals surface area contributed by atoms with Gasteiger partial charge in [0, 0.05) is 56.5 Å². The number of fused-ring (bicyclic) bond motifs is 1. The minimum absolute atomic E-state index is 0.0729. The smallest absolute Gasteiger partial charge is 0.264 e. The maximum absolute atomic E-state index is 13.2. The Balaban J connectivity index is 1.29. The maximum Gasteiger partial charge on any atom is 0.264 e. The molecular weight excluding hydrogens is 480 g/mol. The standard InChI is InChI=1S/C26H30N4O5S/c1-34-23-17-20(26(31)30-14-12-29(13-15-30)18-21-7-4-16-35-21)9-10-22(23)28-36(32,33)24-8-2-5-19-6-3-11-27-25(19)24/h2-3,5-6,8-11,17,21,28H,4,7,12-16,18H2,1H3. The molecule has 0 aliphatic carbocycles. The molecule has 190 valence electrons. The number of carbonyl (C=O) groups is 1. The summed E-state index contributed by atoms with van der Waals surface area (Å²) in [5.74, 6) is 0.173. The van der Waals surface area contributed by atoms with E-state index in [1.165, 1.54) is 13.2 Å². The SMILES string of the molecule is COc1cc(C(=O)N2CCN(CC3CCCO3)CC2)ccc1NS(=O)(=O)c1cccc2cccnc12. The highest BCUT2D eigenvalue weighted by Gasteiger charge is 2.26. The van der Waals surface area contributed by atoms with Crippen molar-refractivity contribution in [3.63, 3.8) is 0 Å². The van der Waals surface area contributed by atoms with Crippen molar-refractivity contribution in [3.8, 4) is 5.75 Å². The van der Waals surface area contributed by atoms with Crippen molar-refractivity contribution in [1.82, 2.24) is 14.8 Å². The van der Waals surface area contributed by atoms with Crippen LogP contribution in [0.25, 0.3) is 10.9 Å². The lowest BCUT2D eigenvalue weighted by Gasteiger charge is -2.35. The molecule has 2 aromatic carbocycles. The molecule has 0 bridgehead atoms. The fourth-order valence-electron chi connectivity index (χ4n) is 4.79. The predicted molar refractivity (Wildman–Crippen MR) is 137 cm³/mol. The van der Waals surface area contributed by atoms with Crippen LogP contribution in [0.1, 0.15) is 23.2 Å². The van der Waals surface area contributed by atoms with E-state index in [1.54, 1.807) is 36.5 Å². The van der Waals surface area contributed by atoms with E-state index in [1.807, 2.05) is 17.0 Å². The molecule has 2 fully saturated rings. The van der Waals surface area contributed by atoms with E-state index in [9.17, 15) is 13.2 Å². The van der Waals surface area contributed by atoms with Gasteiger partial charge in [-0.1, -0.05) is 18.2 Å². The number of hydrogen-bond acceptors (Lipinski definition) is 7. The number of anilines is 1. The Morgan fingerprint density at radius 1 is 1.14 bits per heavy atom. The molecule has 0 radical (unpaired) electrons. The second-order valence-electron chi connectivity index (χ2n) is 9.08. The van der Waals surface area contributed by atoms with Gasteiger partial charge in [0.2, 0.25) is 0 Å². The lowest BCUT2D eigenvalue weighted by molar-refractivity contribution is 0.0432. The van der Waals surface area contributed by atoms with Crippen LogP contribution >= 0.6 is 0 Å². The van der Waals surface area contributed by atoms with Crippen LogP contribution in [-0.4, -0.2) is 81.7 Å². The lowest BCUT2D eigenvalue weighted by atomic mass is 10.1. The highest BCUT2D eigenvalue weighted by atomic mass is 32.2. The Hall–Kier alpha value is -3.21. The van der Waals surface area contributed by atoms with Crippen LogP contribution in [-0.2, 0) is 14.8 Å². The highest BCUT2D eigenvalue weighted by Crippen LogP contribution is 2.30. The van der Waals surface area contributed by atoms with Crippen molar-refractivity contribution >= 4 is 32.5 Å². The first kappa shape index (κ1) is 24.5. The number of pyridine rings is 1. The van der Waals surface area contributed by atoms with Gasteiger partial charge in [-0.25, -0.2) is 8.42 Å². The number of aromatic nitrogens is 1. The topological polar surface area (TPSA) is 101 Å². The van der Waals surface area contributed by atoms with Gasteiger partial charge in [-0.3, -0.25) is 19.4 Å². The first-order valence-corrected chi connectivity index (χ1v) is 13.6. The summed E-state index contributed by atoms with van der Waals surface area (Å²) in [6.07, 6.45) is 4.09. The molecular formula is C26H30N4O5S. The number of amides is 1. The van der Waals surface area contributed by atoms with Crippen LogP contribution in [0, 0.1) is 0 Å². The number of piperazine rings is 1. The molecule has 2 saturated heterocycles. The Kier molecular flexibility index (Phi) is 7.08. The van der Waals surface area contributed by atoms with Crippen molar-refractivity contribution in [2.45, 2.75) is 23.8 Å². The van der Waals surface area contributed by atoms with E-state index in [0.29, 0.717) is 30.3 Å². The van der Waals surface area contributed by atoms with Crippen molar-refractivity contribution in [2.75, 3.05) is 51.2 Å². The fourth-order valence-corrected chi connectivity index (χ4v) is 6.04. The Labute approximate surface area is 211 Å². The molecule has 0 saturated carbocycles. The average molecular weight is 511 g/mol. The Morgan fingerprint density at radius 3 is 2.69 bits per heavy atom. The monoisotopic (exact) mass is 510 g/mol. The number of nitrogens with zero attached hydrogens (tertiary/aromatic N) is 3. The van der Waals surface area contributed by atoms with E-state index < -0.39 is 10.0 Å². The zero-order valence-electron chi connectivity index (χ0n) is 20.2.